The Bertz CT molecular complexity index is 557. The molecule has 1 heterocycles. The maximum atomic E-state index is 13.5. The third-order valence-corrected chi connectivity index (χ3v) is 2.84. The number of aromatic nitrogens is 1. The molecule has 0 aliphatic heterocycles. The third-order valence-electron chi connectivity index (χ3n) is 2.13. The highest BCUT2D eigenvalue weighted by Gasteiger charge is 2.17. The van der Waals surface area contributed by atoms with Crippen LogP contribution in [0.1, 0.15) is 12.0 Å². The van der Waals surface area contributed by atoms with Gasteiger partial charge in [-0.05, 0) is 12.1 Å². The molecule has 0 saturated carbocycles. The molecule has 6 heteroatoms. The molecule has 0 bridgehead atoms. The molecule has 0 amide bonds. The minimum atomic E-state index is -2.75. The highest BCUT2D eigenvalue weighted by atomic mass is 35.5. The summed E-state index contributed by atoms with van der Waals surface area (Å²) in [6, 6.07) is 2.62. The minimum Gasteiger partial charge on any atom is -0.252 e. The lowest BCUT2D eigenvalue weighted by Gasteiger charge is -2.07. The van der Waals surface area contributed by atoms with Gasteiger partial charge < -0.3 is 0 Å². The molecule has 1 nitrogen and oxygen atoms in total. The van der Waals surface area contributed by atoms with Crippen LogP contribution in [-0.4, -0.2) is 4.98 Å². The van der Waals surface area contributed by atoms with E-state index in [2.05, 4.69) is 4.98 Å². The largest absolute Gasteiger partial charge is 0.266 e. The molecule has 2 rings (SSSR count). The van der Waals surface area contributed by atoms with Gasteiger partial charge in [-0.25, -0.2) is 13.2 Å². The van der Waals surface area contributed by atoms with Gasteiger partial charge in [0.25, 0.3) is 6.43 Å². The zero-order valence-corrected chi connectivity index (χ0v) is 9.16. The third kappa shape index (κ3) is 1.72. The van der Waals surface area contributed by atoms with Crippen molar-refractivity contribution in [1.82, 2.24) is 4.98 Å². The van der Waals surface area contributed by atoms with Crippen molar-refractivity contribution in [1.29, 1.82) is 0 Å². The van der Waals surface area contributed by atoms with Crippen LogP contribution in [0.4, 0.5) is 13.2 Å². The molecule has 0 unspecified atom stereocenters. The number of alkyl halides is 2. The van der Waals surface area contributed by atoms with E-state index in [0.717, 1.165) is 6.20 Å². The molecule has 0 aliphatic carbocycles. The van der Waals surface area contributed by atoms with Gasteiger partial charge in [0, 0.05) is 11.6 Å². The van der Waals surface area contributed by atoms with E-state index < -0.39 is 17.8 Å². The highest BCUT2D eigenvalue weighted by molar-refractivity contribution is 6.37. The van der Waals surface area contributed by atoms with Crippen molar-refractivity contribution in [2.75, 3.05) is 0 Å². The smallest absolute Gasteiger partial charge is 0.252 e. The van der Waals surface area contributed by atoms with Gasteiger partial charge in [0.1, 0.15) is 5.52 Å². The van der Waals surface area contributed by atoms with Crippen LogP contribution in [-0.2, 0) is 0 Å². The van der Waals surface area contributed by atoms with Crippen LogP contribution < -0.4 is 0 Å². The van der Waals surface area contributed by atoms with Crippen molar-refractivity contribution in [3.05, 3.63) is 39.8 Å². The summed E-state index contributed by atoms with van der Waals surface area (Å²) in [6.45, 7) is 0. The summed E-state index contributed by atoms with van der Waals surface area (Å²) in [7, 11) is 0. The molecule has 1 aromatic carbocycles. The Kier molecular flexibility index (Phi) is 2.95. The second-order valence-corrected chi connectivity index (χ2v) is 3.87. The highest BCUT2D eigenvalue weighted by Crippen LogP contribution is 2.34. The molecule has 16 heavy (non-hydrogen) atoms. The average molecular weight is 266 g/mol. The molecule has 0 saturated heterocycles. The number of nitrogens with zero attached hydrogens (tertiary/aromatic N) is 1. The number of halogens is 5. The fourth-order valence-corrected chi connectivity index (χ4v) is 1.78. The lowest BCUT2D eigenvalue weighted by molar-refractivity contribution is 0.151. The van der Waals surface area contributed by atoms with Crippen LogP contribution in [0.3, 0.4) is 0 Å². The second kappa shape index (κ2) is 4.11. The van der Waals surface area contributed by atoms with E-state index in [-0.39, 0.29) is 20.9 Å². The quantitative estimate of drug-likeness (QED) is 0.733. The van der Waals surface area contributed by atoms with Crippen LogP contribution in [0.2, 0.25) is 10.0 Å². The van der Waals surface area contributed by atoms with Gasteiger partial charge in [0.05, 0.1) is 15.6 Å². The summed E-state index contributed by atoms with van der Waals surface area (Å²) in [6.07, 6.45) is -1.89. The Hall–Kier alpha value is -1.00. The molecular weight excluding hydrogens is 262 g/mol. The van der Waals surface area contributed by atoms with Crippen molar-refractivity contribution in [2.24, 2.45) is 0 Å². The summed E-state index contributed by atoms with van der Waals surface area (Å²) in [5, 5.41) is -0.196. The molecule has 1 aromatic heterocycles. The standard InChI is InChI=1S/C10H4Cl2F3N/c11-6-2-1-4-7(12)5(10(14)15)3-16-9(4)8(6)13/h1-3,10H. The van der Waals surface area contributed by atoms with Crippen LogP contribution in [0, 0.1) is 5.82 Å². The maximum Gasteiger partial charge on any atom is 0.266 e. The van der Waals surface area contributed by atoms with Crippen molar-refractivity contribution >= 4 is 34.1 Å². The molecule has 0 atom stereocenters. The fraction of sp³-hybridized carbons (Fsp3) is 0.100. The van der Waals surface area contributed by atoms with Gasteiger partial charge in [-0.15, -0.1) is 0 Å². The Labute approximate surface area is 98.8 Å². The molecule has 2 aromatic rings. The first-order valence-electron chi connectivity index (χ1n) is 4.22. The molecule has 0 N–H and O–H groups in total. The number of hydrogen-bond donors (Lipinski definition) is 0. The summed E-state index contributed by atoms with van der Waals surface area (Å²) >= 11 is 11.3. The second-order valence-electron chi connectivity index (χ2n) is 3.09. The van der Waals surface area contributed by atoms with Crippen molar-refractivity contribution < 1.29 is 13.2 Å². The Balaban J connectivity index is 2.82. The van der Waals surface area contributed by atoms with Gasteiger partial charge in [-0.1, -0.05) is 23.2 Å². The van der Waals surface area contributed by atoms with Crippen LogP contribution in [0.15, 0.2) is 18.3 Å². The molecule has 0 fully saturated rings. The summed E-state index contributed by atoms with van der Waals surface area (Å²) in [5.74, 6) is -0.762. The first-order valence-corrected chi connectivity index (χ1v) is 4.98. The van der Waals surface area contributed by atoms with Crippen molar-refractivity contribution in [2.45, 2.75) is 6.43 Å². The van der Waals surface area contributed by atoms with Gasteiger partial charge in [0.2, 0.25) is 0 Å². The topological polar surface area (TPSA) is 12.9 Å². The van der Waals surface area contributed by atoms with E-state index >= 15 is 0 Å². The molecule has 84 valence electrons. The van der Waals surface area contributed by atoms with Crippen molar-refractivity contribution in [3.8, 4) is 0 Å². The molecular formula is C10H4Cl2F3N. The van der Waals surface area contributed by atoms with Gasteiger partial charge in [0.15, 0.2) is 5.82 Å². The van der Waals surface area contributed by atoms with E-state index in [4.69, 9.17) is 23.2 Å². The minimum absolute atomic E-state index is 0.109. The zero-order valence-electron chi connectivity index (χ0n) is 7.65. The van der Waals surface area contributed by atoms with Crippen molar-refractivity contribution in [3.63, 3.8) is 0 Å². The van der Waals surface area contributed by atoms with Gasteiger partial charge in [-0.2, -0.15) is 0 Å². The van der Waals surface area contributed by atoms with Gasteiger partial charge in [-0.3, -0.25) is 4.98 Å². The Morgan fingerprint density at radius 3 is 2.50 bits per heavy atom. The Morgan fingerprint density at radius 1 is 1.19 bits per heavy atom. The number of pyridine rings is 1. The van der Waals surface area contributed by atoms with E-state index in [9.17, 15) is 13.2 Å². The number of hydrogen-bond acceptors (Lipinski definition) is 1. The van der Waals surface area contributed by atoms with Crippen LogP contribution in [0.25, 0.3) is 10.9 Å². The lowest BCUT2D eigenvalue weighted by Crippen LogP contribution is -1.93. The molecule has 0 spiro atoms. The van der Waals surface area contributed by atoms with E-state index in [0.29, 0.717) is 0 Å². The first kappa shape index (κ1) is 11.5. The summed E-state index contributed by atoms with van der Waals surface area (Å²) in [5.41, 5.74) is -0.530. The predicted octanol–water partition coefficient (Wildman–Crippen LogP) is 4.62. The SMILES string of the molecule is Fc1c(Cl)ccc2c(Cl)c(C(F)F)cnc12. The van der Waals surface area contributed by atoms with Crippen LogP contribution >= 0.6 is 23.2 Å². The van der Waals surface area contributed by atoms with Crippen LogP contribution in [0.5, 0.6) is 0 Å². The van der Waals surface area contributed by atoms with E-state index in [1.807, 2.05) is 0 Å². The number of benzene rings is 1. The normalized spacial score (nSPS) is 11.4. The van der Waals surface area contributed by atoms with Gasteiger partial charge >= 0.3 is 0 Å². The Morgan fingerprint density at radius 2 is 1.88 bits per heavy atom. The zero-order chi connectivity index (χ0) is 11.9. The summed E-state index contributed by atoms with van der Waals surface area (Å²) in [4.78, 5) is 3.60. The molecule has 0 aliphatic rings. The number of fused-ring (bicyclic) bond motifs is 1. The predicted molar refractivity (Wildman–Crippen MR) is 56.7 cm³/mol. The maximum absolute atomic E-state index is 13.5. The van der Waals surface area contributed by atoms with E-state index in [1.165, 1.54) is 12.1 Å². The molecule has 0 radical (unpaired) electrons. The lowest BCUT2D eigenvalue weighted by atomic mass is 10.1. The monoisotopic (exact) mass is 265 g/mol. The fourth-order valence-electron chi connectivity index (χ4n) is 1.34. The van der Waals surface area contributed by atoms with E-state index in [1.54, 1.807) is 0 Å². The first-order chi connectivity index (χ1) is 7.52. The average Bonchev–Trinajstić information content (AvgIpc) is 2.23. The summed E-state index contributed by atoms with van der Waals surface area (Å²) < 4.78 is 38.5. The number of rotatable bonds is 1.